The molecule has 5 heterocycles. The number of fused-ring (bicyclic) bond motifs is 4. The third kappa shape index (κ3) is 13.4. The summed E-state index contributed by atoms with van der Waals surface area (Å²) in [5.41, 5.74) is 4.36. The number of aromatic amines is 1. The number of alkyl halides is 1. The topological polar surface area (TPSA) is 205 Å². The van der Waals surface area contributed by atoms with E-state index in [0.717, 1.165) is 49.6 Å². The average Bonchev–Trinajstić information content (AvgIpc) is 2.57. The molecule has 82 heavy (non-hydrogen) atoms. The van der Waals surface area contributed by atoms with Gasteiger partial charge in [0.05, 0.1) is 85.0 Å². The molecule has 0 radical (unpaired) electrons. The highest BCUT2D eigenvalue weighted by Gasteiger charge is 2.46. The highest BCUT2D eigenvalue weighted by atomic mass is 32.1. The maximum absolute atomic E-state index is 16.1. The summed E-state index contributed by atoms with van der Waals surface area (Å²) in [7, 11) is 0. The monoisotopic (exact) mass is 1150 g/mol. The number of aryl methyl sites for hydroxylation is 1. The lowest BCUT2D eigenvalue weighted by Crippen LogP contribution is -2.58. The largest absolute Gasteiger partial charge is 0.491 e. The van der Waals surface area contributed by atoms with Gasteiger partial charge in [-0.25, -0.2) is 18.2 Å². The number of rotatable bonds is 23. The van der Waals surface area contributed by atoms with Gasteiger partial charge in [0, 0.05) is 59.8 Å². The second kappa shape index (κ2) is 25.2. The minimum Gasteiger partial charge on any atom is -0.491 e. The van der Waals surface area contributed by atoms with Gasteiger partial charge < -0.3 is 44.6 Å². The van der Waals surface area contributed by atoms with E-state index in [0.29, 0.717) is 17.7 Å². The predicted molar refractivity (Wildman–Crippen MR) is 302 cm³/mol. The van der Waals surface area contributed by atoms with Crippen LogP contribution in [-0.2, 0) is 35.0 Å². The average molecular weight is 1150 g/mol. The van der Waals surface area contributed by atoms with Crippen molar-refractivity contribution in [3.8, 4) is 16.2 Å². The molecule has 1 fully saturated rings. The number of β-amino-alcohol motifs (C(OH)–C–C–N with tert-alkyl or cyclic N) is 1. The molecule has 21 heteroatoms. The van der Waals surface area contributed by atoms with Crippen LogP contribution in [0.3, 0.4) is 0 Å². The van der Waals surface area contributed by atoms with Crippen molar-refractivity contribution in [3.05, 3.63) is 141 Å². The van der Waals surface area contributed by atoms with Gasteiger partial charge in [0.25, 0.3) is 11.8 Å². The van der Waals surface area contributed by atoms with Crippen molar-refractivity contribution in [3.63, 3.8) is 0 Å². The first-order chi connectivity index (χ1) is 39.1. The van der Waals surface area contributed by atoms with Crippen LogP contribution in [0, 0.1) is 24.0 Å². The number of aliphatic hydroxyl groups is 1. The lowest BCUT2D eigenvalue weighted by molar-refractivity contribution is -0.144. The number of carbonyl (C=O) groups excluding carboxylic acids is 5. The van der Waals surface area contributed by atoms with Crippen molar-refractivity contribution in [2.45, 2.75) is 103 Å². The van der Waals surface area contributed by atoms with Crippen LogP contribution < -0.4 is 15.4 Å². The predicted octanol–water partition coefficient (Wildman–Crippen LogP) is 8.04. The zero-order chi connectivity index (χ0) is 58.6. The number of nitrogens with zero attached hydrogens (tertiary/aromatic N) is 4. The van der Waals surface area contributed by atoms with Gasteiger partial charge in [0.1, 0.15) is 48.4 Å². The number of benzene rings is 4. The number of carbonyl (C=O) groups is 5. The molecule has 0 aliphatic carbocycles. The quantitative estimate of drug-likeness (QED) is 0.0356. The third-order valence-corrected chi connectivity index (χ3v) is 16.0. The summed E-state index contributed by atoms with van der Waals surface area (Å²) in [4.78, 5) is 82.0. The lowest BCUT2D eigenvalue weighted by atomic mass is 9.85. The number of hydrogen-bond acceptors (Lipinski definition) is 13. The first-order valence-electron chi connectivity index (χ1n) is 27.5. The van der Waals surface area contributed by atoms with Crippen LogP contribution in [-0.4, -0.2) is 155 Å². The molecule has 2 aromatic heterocycles. The van der Waals surface area contributed by atoms with Crippen LogP contribution in [0.4, 0.5) is 13.2 Å². The molecular weight excluding hydrogens is 1080 g/mol. The maximum atomic E-state index is 16.1. The molecule has 3 aliphatic heterocycles. The standard InChI is InChI=1S/C61H70F3N7O10S/c1-35-26-44-41-12-10-11-15-47(41)66-52(44)53(71(35)33-61(6,7)64)51-45(62)28-40(29-46(51)63)81-25-24-79-21-20-78-22-23-80-32-50(73)68-55(60(3,4)5)59(77)69-30-39(72)27-49(69)56(74)67-48(31-70-57(75)42-13-8-9-14-43(42)58(70)76)37-16-18-38(19-17-37)54-36(2)65-34-82-54/h8-19,28-29,34-35,39,48-49,53,55,66,72H,20-27,30-33H2,1-7H3,(H,67,74)(H,68,73)/t35-,39-,48+,49+,53?,55-/m1/s1. The fraction of sp³-hybridized carbons (Fsp3) is 0.443. The number of para-hydroxylation sites is 1. The van der Waals surface area contributed by atoms with Crippen molar-refractivity contribution >= 4 is 51.8 Å². The molecule has 5 amide bonds. The first kappa shape index (κ1) is 59.6. The number of aromatic nitrogens is 2. The van der Waals surface area contributed by atoms with Gasteiger partial charge in [-0.15, -0.1) is 11.3 Å². The summed E-state index contributed by atoms with van der Waals surface area (Å²) < 4.78 is 69.8. The molecule has 0 spiro atoms. The van der Waals surface area contributed by atoms with Gasteiger partial charge in [-0.1, -0.05) is 75.4 Å². The number of H-pyrrole nitrogens is 1. The van der Waals surface area contributed by atoms with Gasteiger partial charge in [-0.05, 0) is 74.4 Å². The van der Waals surface area contributed by atoms with E-state index in [1.165, 1.54) is 30.1 Å². The Balaban J connectivity index is 0.729. The summed E-state index contributed by atoms with van der Waals surface area (Å²) in [5, 5.41) is 17.6. The van der Waals surface area contributed by atoms with Crippen molar-refractivity contribution in [2.75, 3.05) is 65.9 Å². The summed E-state index contributed by atoms with van der Waals surface area (Å²) in [6, 6.07) is 19.5. The Morgan fingerprint density at radius 1 is 0.854 bits per heavy atom. The molecular formula is C61H70F3N7O10S. The number of amides is 5. The molecule has 0 saturated carbocycles. The van der Waals surface area contributed by atoms with Crippen LogP contribution in [0.5, 0.6) is 5.75 Å². The van der Waals surface area contributed by atoms with Gasteiger partial charge in [-0.3, -0.25) is 33.8 Å². The SMILES string of the molecule is Cc1ncsc1-c1ccc([C@H](CN2C(=O)c3ccccc3C2=O)NC(=O)[C@@H]2C[C@@H](O)CN2C(=O)[C@@H](NC(=O)COCCOCCOCCOc2cc(F)c(C3c4[nH]c5ccccc5c4C[C@@H](C)N3CC(C)(C)F)c(F)c2)C(C)(C)C)cc1. The lowest BCUT2D eigenvalue weighted by Gasteiger charge is -2.43. The molecule has 6 atom stereocenters. The molecule has 0 bridgehead atoms. The van der Waals surface area contributed by atoms with Crippen LogP contribution in [0.25, 0.3) is 21.3 Å². The first-order valence-corrected chi connectivity index (χ1v) is 28.4. The van der Waals surface area contributed by atoms with Gasteiger partial charge in [0.2, 0.25) is 17.7 Å². The smallest absolute Gasteiger partial charge is 0.261 e. The number of aliphatic hydroxyl groups excluding tert-OH is 1. The molecule has 436 valence electrons. The molecule has 6 aromatic rings. The Labute approximate surface area is 478 Å². The fourth-order valence-corrected chi connectivity index (χ4v) is 11.9. The minimum absolute atomic E-state index is 0.0127. The van der Waals surface area contributed by atoms with E-state index >= 15 is 13.2 Å². The Morgan fingerprint density at radius 3 is 2.10 bits per heavy atom. The van der Waals surface area contributed by atoms with Crippen LogP contribution in [0.1, 0.15) is 109 Å². The molecule has 1 saturated heterocycles. The van der Waals surface area contributed by atoms with E-state index in [2.05, 4.69) is 20.6 Å². The normalized spacial score (nSPS) is 19.1. The van der Waals surface area contributed by atoms with Gasteiger partial charge in [0.15, 0.2) is 0 Å². The maximum Gasteiger partial charge on any atom is 0.261 e. The summed E-state index contributed by atoms with van der Waals surface area (Å²) >= 11 is 1.48. The molecule has 4 aromatic carbocycles. The highest BCUT2D eigenvalue weighted by Crippen LogP contribution is 2.44. The second-order valence-corrected chi connectivity index (χ2v) is 23.7. The summed E-state index contributed by atoms with van der Waals surface area (Å²) in [6.07, 6.45) is -0.565. The number of thiazole rings is 1. The minimum atomic E-state index is -1.63. The third-order valence-electron chi connectivity index (χ3n) is 15.0. The number of nitrogens with one attached hydrogen (secondary N) is 3. The molecule has 3 aliphatic rings. The molecule has 4 N–H and O–H groups in total. The van der Waals surface area contributed by atoms with Crippen LogP contribution in [0.15, 0.2) is 90.4 Å². The number of imide groups is 1. The Morgan fingerprint density at radius 2 is 1.48 bits per heavy atom. The Kier molecular flexibility index (Phi) is 18.3. The second-order valence-electron chi connectivity index (χ2n) is 22.8. The van der Waals surface area contributed by atoms with Gasteiger partial charge in [-0.2, -0.15) is 0 Å². The van der Waals surface area contributed by atoms with E-state index in [9.17, 15) is 29.1 Å². The van der Waals surface area contributed by atoms with E-state index in [4.69, 9.17) is 18.9 Å². The highest BCUT2D eigenvalue weighted by molar-refractivity contribution is 7.13. The van der Waals surface area contributed by atoms with E-state index in [1.807, 2.05) is 55.1 Å². The van der Waals surface area contributed by atoms with E-state index in [-0.39, 0.29) is 94.2 Å². The number of halogens is 3. The van der Waals surface area contributed by atoms with Crippen LogP contribution in [0.2, 0.25) is 0 Å². The number of ether oxygens (including phenoxy) is 4. The molecule has 17 nitrogen and oxygen atoms in total. The number of hydrogen-bond donors (Lipinski definition) is 4. The fourth-order valence-electron chi connectivity index (χ4n) is 11.1. The zero-order valence-corrected chi connectivity index (χ0v) is 47.9. The van der Waals surface area contributed by atoms with E-state index in [1.54, 1.807) is 62.7 Å². The Hall–Kier alpha value is -7.01. The van der Waals surface area contributed by atoms with Gasteiger partial charge >= 0.3 is 0 Å². The molecule has 1 unspecified atom stereocenters. The van der Waals surface area contributed by atoms with Crippen molar-refractivity contribution in [1.82, 2.24) is 35.3 Å². The van der Waals surface area contributed by atoms with Crippen molar-refractivity contribution < 1.29 is 61.2 Å². The summed E-state index contributed by atoms with van der Waals surface area (Å²) in [5.74, 6) is -4.46. The van der Waals surface area contributed by atoms with Crippen molar-refractivity contribution in [2.24, 2.45) is 5.41 Å². The Bertz CT molecular complexity index is 3250. The van der Waals surface area contributed by atoms with Crippen LogP contribution >= 0.6 is 11.3 Å². The molecule has 9 rings (SSSR count). The number of likely N-dealkylation sites (tertiary alicyclic amines) is 1. The summed E-state index contributed by atoms with van der Waals surface area (Å²) in [6.45, 7) is 11.7. The van der Waals surface area contributed by atoms with Crippen molar-refractivity contribution in [1.29, 1.82) is 0 Å². The zero-order valence-electron chi connectivity index (χ0n) is 47.1. The van der Waals surface area contributed by atoms with E-state index < -0.39 is 89.1 Å².